The molecule has 0 saturated carbocycles. The number of halogens is 1. The molecule has 0 bridgehead atoms. The molecule has 1 aliphatic rings. The molecule has 7 heteroatoms. The molecule has 1 N–H and O–H groups in total. The summed E-state index contributed by atoms with van der Waals surface area (Å²) in [5.74, 6) is -1.11. The quantitative estimate of drug-likeness (QED) is 0.318. The fourth-order valence-corrected chi connectivity index (χ4v) is 4.76. The number of carbonyl (C=O) groups is 2. The zero-order chi connectivity index (χ0) is 26.5. The number of ether oxygens (including phenoxy) is 2. The van der Waals surface area contributed by atoms with Gasteiger partial charge in [0, 0.05) is 12.1 Å². The molecule has 0 saturated heterocycles. The van der Waals surface area contributed by atoms with Gasteiger partial charge in [-0.1, -0.05) is 72.8 Å². The first-order chi connectivity index (χ1) is 18.5. The van der Waals surface area contributed by atoms with E-state index in [9.17, 15) is 19.1 Å². The third-order valence-corrected chi connectivity index (χ3v) is 6.56. The summed E-state index contributed by atoms with van der Waals surface area (Å²) in [5.41, 5.74) is 5.05. The van der Waals surface area contributed by atoms with Crippen LogP contribution in [0.5, 0.6) is 5.75 Å². The molecule has 0 fully saturated rings. The second-order valence-electron chi connectivity index (χ2n) is 9.03. The lowest BCUT2D eigenvalue weighted by Gasteiger charge is -2.37. The maximum absolute atomic E-state index is 13.6. The average molecular weight is 512 g/mol. The second kappa shape index (κ2) is 11.2. The Morgan fingerprint density at radius 3 is 2.34 bits per heavy atom. The molecular weight excluding hydrogens is 485 g/mol. The predicted octanol–water partition coefficient (Wildman–Crippen LogP) is 6.24. The summed E-state index contributed by atoms with van der Waals surface area (Å²) in [7, 11) is 0. The number of carbonyl (C=O) groups excluding carboxylic acids is 1. The Morgan fingerprint density at radius 1 is 0.868 bits per heavy atom. The molecule has 0 spiro atoms. The first-order valence-corrected chi connectivity index (χ1v) is 12.3. The van der Waals surface area contributed by atoms with Crippen LogP contribution in [0.25, 0.3) is 11.1 Å². The summed E-state index contributed by atoms with van der Waals surface area (Å²) in [6.45, 7) is 0.00664. The van der Waals surface area contributed by atoms with Gasteiger partial charge >= 0.3 is 12.1 Å². The van der Waals surface area contributed by atoms with E-state index in [2.05, 4.69) is 0 Å². The highest BCUT2D eigenvalue weighted by Gasteiger charge is 2.35. The molecule has 5 rings (SSSR count). The first-order valence-electron chi connectivity index (χ1n) is 12.3. The third-order valence-electron chi connectivity index (χ3n) is 6.56. The SMILES string of the molecule is O=C(O)COc1ccc(-c2ccc(F)cc2)cc1C1c2ccccc2CCN1C(=O)OCc1ccccc1. The molecule has 4 aromatic carbocycles. The van der Waals surface area contributed by atoms with Crippen molar-refractivity contribution in [2.75, 3.05) is 13.2 Å². The van der Waals surface area contributed by atoms with Gasteiger partial charge in [0.2, 0.25) is 0 Å². The van der Waals surface area contributed by atoms with Crippen LogP contribution in [0, 0.1) is 5.82 Å². The van der Waals surface area contributed by atoms with Crippen LogP contribution in [0.1, 0.15) is 28.3 Å². The van der Waals surface area contributed by atoms with Gasteiger partial charge in [-0.15, -0.1) is 0 Å². The number of carboxylic acid groups (broad SMARTS) is 1. The monoisotopic (exact) mass is 511 g/mol. The molecule has 1 aliphatic heterocycles. The zero-order valence-corrected chi connectivity index (χ0v) is 20.5. The van der Waals surface area contributed by atoms with Crippen LogP contribution in [-0.4, -0.2) is 35.2 Å². The van der Waals surface area contributed by atoms with E-state index in [1.54, 1.807) is 29.2 Å². The molecule has 38 heavy (non-hydrogen) atoms. The van der Waals surface area contributed by atoms with Gasteiger partial charge in [0.1, 0.15) is 18.2 Å². The summed E-state index contributed by atoms with van der Waals surface area (Å²) in [4.78, 5) is 26.4. The smallest absolute Gasteiger partial charge is 0.410 e. The van der Waals surface area contributed by atoms with E-state index in [-0.39, 0.29) is 12.4 Å². The van der Waals surface area contributed by atoms with Crippen molar-refractivity contribution in [2.45, 2.75) is 19.1 Å². The fourth-order valence-electron chi connectivity index (χ4n) is 4.76. The van der Waals surface area contributed by atoms with Crippen molar-refractivity contribution in [2.24, 2.45) is 0 Å². The van der Waals surface area contributed by atoms with Crippen molar-refractivity contribution in [1.29, 1.82) is 0 Å². The lowest BCUT2D eigenvalue weighted by atomic mass is 9.87. The minimum Gasteiger partial charge on any atom is -0.482 e. The molecule has 192 valence electrons. The van der Waals surface area contributed by atoms with Gasteiger partial charge in [0.25, 0.3) is 0 Å². The van der Waals surface area contributed by atoms with Crippen LogP contribution in [-0.2, 0) is 22.6 Å². The number of benzene rings is 4. The highest BCUT2D eigenvalue weighted by molar-refractivity contribution is 5.73. The third kappa shape index (κ3) is 5.52. The van der Waals surface area contributed by atoms with E-state index in [1.807, 2.05) is 60.7 Å². The van der Waals surface area contributed by atoms with E-state index in [4.69, 9.17) is 9.47 Å². The summed E-state index contributed by atoms with van der Waals surface area (Å²) < 4.78 is 25.0. The topological polar surface area (TPSA) is 76.1 Å². The predicted molar refractivity (Wildman–Crippen MR) is 140 cm³/mol. The van der Waals surface area contributed by atoms with E-state index < -0.39 is 24.7 Å². The maximum atomic E-state index is 13.6. The van der Waals surface area contributed by atoms with Gasteiger partial charge in [-0.05, 0) is 58.5 Å². The first kappa shape index (κ1) is 25.0. The van der Waals surface area contributed by atoms with Crippen LogP contribution >= 0.6 is 0 Å². The van der Waals surface area contributed by atoms with E-state index in [1.165, 1.54) is 12.1 Å². The molecule has 0 aromatic heterocycles. The number of hydrogen-bond donors (Lipinski definition) is 1. The van der Waals surface area contributed by atoms with Gasteiger partial charge in [-0.3, -0.25) is 4.90 Å². The minimum absolute atomic E-state index is 0.128. The van der Waals surface area contributed by atoms with Crippen molar-refractivity contribution >= 4 is 12.1 Å². The van der Waals surface area contributed by atoms with Crippen molar-refractivity contribution < 1.29 is 28.6 Å². The highest BCUT2D eigenvalue weighted by Crippen LogP contribution is 2.41. The number of hydrogen-bond acceptors (Lipinski definition) is 4. The molecular formula is C31H26FNO5. The normalized spacial score (nSPS) is 14.4. The van der Waals surface area contributed by atoms with Crippen LogP contribution in [0.4, 0.5) is 9.18 Å². The van der Waals surface area contributed by atoms with Crippen LogP contribution in [0.2, 0.25) is 0 Å². The lowest BCUT2D eigenvalue weighted by molar-refractivity contribution is -0.139. The summed E-state index contributed by atoms with van der Waals surface area (Å²) in [6, 6.07) is 28.2. The van der Waals surface area contributed by atoms with Crippen molar-refractivity contribution in [3.05, 3.63) is 125 Å². The van der Waals surface area contributed by atoms with Crippen LogP contribution < -0.4 is 4.74 Å². The molecule has 4 aromatic rings. The Hall–Kier alpha value is -4.65. The van der Waals surface area contributed by atoms with Crippen molar-refractivity contribution in [1.82, 2.24) is 4.90 Å². The van der Waals surface area contributed by atoms with E-state index in [0.29, 0.717) is 24.3 Å². The van der Waals surface area contributed by atoms with E-state index in [0.717, 1.165) is 27.8 Å². The Labute approximate surface area is 219 Å². The van der Waals surface area contributed by atoms with Crippen LogP contribution in [0.15, 0.2) is 97.1 Å². The van der Waals surface area contributed by atoms with Gasteiger partial charge < -0.3 is 14.6 Å². The molecule has 1 unspecified atom stereocenters. The number of rotatable bonds is 7. The van der Waals surface area contributed by atoms with Crippen molar-refractivity contribution in [3.8, 4) is 16.9 Å². The van der Waals surface area contributed by atoms with Gasteiger partial charge in [0.05, 0.1) is 6.04 Å². The molecule has 1 heterocycles. The number of amides is 1. The maximum Gasteiger partial charge on any atom is 0.410 e. The largest absolute Gasteiger partial charge is 0.482 e. The Morgan fingerprint density at radius 2 is 1.58 bits per heavy atom. The fraction of sp³-hybridized carbons (Fsp3) is 0.161. The number of fused-ring (bicyclic) bond motifs is 1. The number of carboxylic acids is 1. The summed E-state index contributed by atoms with van der Waals surface area (Å²) in [5, 5.41) is 9.27. The number of aliphatic carboxylic acids is 1. The van der Waals surface area contributed by atoms with Crippen LogP contribution in [0.3, 0.4) is 0 Å². The zero-order valence-electron chi connectivity index (χ0n) is 20.5. The summed E-state index contributed by atoms with van der Waals surface area (Å²) >= 11 is 0. The standard InChI is InChI=1S/C31H26FNO5/c32-25-13-10-22(11-14-25)24-12-15-28(37-20-29(34)35)27(18-24)30-26-9-5-4-8-23(26)16-17-33(30)31(36)38-19-21-6-2-1-3-7-21/h1-15,18,30H,16-17,19-20H2,(H,34,35). The number of nitrogens with zero attached hydrogens (tertiary/aromatic N) is 1. The molecule has 6 nitrogen and oxygen atoms in total. The van der Waals surface area contributed by atoms with Gasteiger partial charge in [-0.2, -0.15) is 0 Å². The lowest BCUT2D eigenvalue weighted by Crippen LogP contribution is -2.41. The Bertz CT molecular complexity index is 1440. The molecule has 0 aliphatic carbocycles. The van der Waals surface area contributed by atoms with Crippen molar-refractivity contribution in [3.63, 3.8) is 0 Å². The Kier molecular flexibility index (Phi) is 7.35. The van der Waals surface area contributed by atoms with Gasteiger partial charge in [-0.25, -0.2) is 14.0 Å². The summed E-state index contributed by atoms with van der Waals surface area (Å²) in [6.07, 6.45) is 0.167. The van der Waals surface area contributed by atoms with E-state index >= 15 is 0 Å². The minimum atomic E-state index is -1.11. The van der Waals surface area contributed by atoms with Gasteiger partial charge in [0.15, 0.2) is 6.61 Å². The molecule has 1 amide bonds. The highest BCUT2D eigenvalue weighted by atomic mass is 19.1. The molecule has 1 atom stereocenters. The Balaban J connectivity index is 1.57. The second-order valence-corrected chi connectivity index (χ2v) is 9.03. The average Bonchev–Trinajstić information content (AvgIpc) is 2.95. The molecule has 0 radical (unpaired) electrons.